The van der Waals surface area contributed by atoms with Gasteiger partial charge in [-0.2, -0.15) is 0 Å². The third kappa shape index (κ3) is 2.84. The average molecular weight is 402 g/mol. The van der Waals surface area contributed by atoms with Gasteiger partial charge in [0.05, 0.1) is 17.0 Å². The second kappa shape index (κ2) is 6.90. The number of carbonyl (C=O) groups is 1. The molecule has 3 aromatic carbocycles. The van der Waals surface area contributed by atoms with Gasteiger partial charge in [-0.1, -0.05) is 72.3 Å². The Balaban J connectivity index is 1.74. The number of amides is 1. The maximum Gasteiger partial charge on any atom is 0.291 e. The molecular formula is C24H16ClNO3. The predicted molar refractivity (Wildman–Crippen MR) is 112 cm³/mol. The van der Waals surface area contributed by atoms with Crippen LogP contribution in [0.25, 0.3) is 11.0 Å². The van der Waals surface area contributed by atoms with E-state index in [9.17, 15) is 9.59 Å². The van der Waals surface area contributed by atoms with Gasteiger partial charge in [0.25, 0.3) is 5.91 Å². The van der Waals surface area contributed by atoms with E-state index in [1.165, 1.54) is 0 Å². The van der Waals surface area contributed by atoms with Crippen molar-refractivity contribution in [3.63, 3.8) is 0 Å². The number of halogens is 1. The number of hydrogen-bond donors (Lipinski definition) is 0. The molecule has 1 atom stereocenters. The van der Waals surface area contributed by atoms with Crippen LogP contribution in [0.1, 0.15) is 33.3 Å². The molecule has 0 bridgehead atoms. The number of benzene rings is 3. The molecule has 0 spiro atoms. The molecule has 5 heteroatoms. The van der Waals surface area contributed by atoms with Crippen LogP contribution in [0.5, 0.6) is 0 Å². The zero-order valence-electron chi connectivity index (χ0n) is 15.3. The second-order valence-electron chi connectivity index (χ2n) is 7.01. The number of hydrogen-bond acceptors (Lipinski definition) is 3. The largest absolute Gasteiger partial charge is 0.450 e. The summed E-state index contributed by atoms with van der Waals surface area (Å²) < 4.78 is 5.92. The van der Waals surface area contributed by atoms with Gasteiger partial charge in [0.15, 0.2) is 5.43 Å². The van der Waals surface area contributed by atoms with Crippen LogP contribution < -0.4 is 5.43 Å². The molecule has 1 aromatic heterocycles. The summed E-state index contributed by atoms with van der Waals surface area (Å²) in [5.41, 5.74) is 2.29. The summed E-state index contributed by atoms with van der Waals surface area (Å²) in [5.74, 6) is -0.203. The Morgan fingerprint density at radius 1 is 0.862 bits per heavy atom. The summed E-state index contributed by atoms with van der Waals surface area (Å²) >= 11 is 6.35. The lowest BCUT2D eigenvalue weighted by atomic mass is 9.98. The number of para-hydroxylation sites is 1. The fourth-order valence-corrected chi connectivity index (χ4v) is 4.12. The van der Waals surface area contributed by atoms with E-state index in [0.717, 1.165) is 11.1 Å². The van der Waals surface area contributed by atoms with Crippen molar-refractivity contribution in [2.24, 2.45) is 0 Å². The Morgan fingerprint density at radius 2 is 1.55 bits per heavy atom. The van der Waals surface area contributed by atoms with E-state index in [-0.39, 0.29) is 23.6 Å². The Kier molecular flexibility index (Phi) is 4.22. The minimum atomic E-state index is -0.532. The molecule has 1 aliphatic rings. The van der Waals surface area contributed by atoms with Gasteiger partial charge in [0.1, 0.15) is 5.58 Å². The van der Waals surface area contributed by atoms with Crippen molar-refractivity contribution in [2.75, 3.05) is 0 Å². The third-order valence-electron chi connectivity index (χ3n) is 5.29. The van der Waals surface area contributed by atoms with Crippen molar-refractivity contribution in [1.29, 1.82) is 0 Å². The van der Waals surface area contributed by atoms with Gasteiger partial charge in [-0.05, 0) is 29.3 Å². The lowest BCUT2D eigenvalue weighted by Crippen LogP contribution is -2.29. The molecule has 2 heterocycles. The zero-order chi connectivity index (χ0) is 20.0. The summed E-state index contributed by atoms with van der Waals surface area (Å²) in [5, 5.41) is 1.05. The fourth-order valence-electron chi connectivity index (χ4n) is 3.92. The van der Waals surface area contributed by atoms with E-state index >= 15 is 0 Å². The highest BCUT2D eigenvalue weighted by Crippen LogP contribution is 2.39. The highest BCUT2D eigenvalue weighted by molar-refractivity contribution is 6.31. The number of rotatable bonds is 3. The topological polar surface area (TPSA) is 50.5 Å². The summed E-state index contributed by atoms with van der Waals surface area (Å²) in [6.07, 6.45) is 0. The van der Waals surface area contributed by atoms with Gasteiger partial charge in [-0.15, -0.1) is 0 Å². The Bertz CT molecular complexity index is 1300. The SMILES string of the molecule is O=C1c2oc3ccccc3c(=O)c2[C@H](c2ccccc2)N1Cc1ccccc1Cl. The Hall–Kier alpha value is -3.37. The molecule has 0 radical (unpaired) electrons. The normalized spacial score (nSPS) is 15.7. The van der Waals surface area contributed by atoms with Gasteiger partial charge < -0.3 is 9.32 Å². The molecule has 0 fully saturated rings. The van der Waals surface area contributed by atoms with E-state index < -0.39 is 6.04 Å². The second-order valence-corrected chi connectivity index (χ2v) is 7.42. The van der Waals surface area contributed by atoms with Gasteiger partial charge in [-0.25, -0.2) is 0 Å². The lowest BCUT2D eigenvalue weighted by Gasteiger charge is -2.25. The first-order chi connectivity index (χ1) is 14.1. The van der Waals surface area contributed by atoms with Crippen molar-refractivity contribution in [1.82, 2.24) is 4.90 Å². The summed E-state index contributed by atoms with van der Waals surface area (Å²) in [7, 11) is 0. The first-order valence-electron chi connectivity index (χ1n) is 9.30. The molecule has 0 saturated carbocycles. The highest BCUT2D eigenvalue weighted by atomic mass is 35.5. The molecule has 0 N–H and O–H groups in total. The first-order valence-corrected chi connectivity index (χ1v) is 9.68. The molecule has 4 nitrogen and oxygen atoms in total. The van der Waals surface area contributed by atoms with Crippen LogP contribution in [0.3, 0.4) is 0 Å². The third-order valence-corrected chi connectivity index (χ3v) is 5.66. The summed E-state index contributed by atoms with van der Waals surface area (Å²) in [6.45, 7) is 0.276. The minimum Gasteiger partial charge on any atom is -0.450 e. The van der Waals surface area contributed by atoms with Crippen LogP contribution in [0, 0.1) is 0 Å². The van der Waals surface area contributed by atoms with Crippen LogP contribution in [-0.4, -0.2) is 10.8 Å². The standard InChI is InChI=1S/C24H16ClNO3/c25-18-12-6-4-10-16(18)14-26-21(15-8-2-1-3-9-15)20-22(27)17-11-5-7-13-19(17)29-23(20)24(26)28/h1-13,21H,14H2/t21-/m0/s1. The first kappa shape index (κ1) is 17.7. The Morgan fingerprint density at radius 3 is 2.34 bits per heavy atom. The van der Waals surface area contributed by atoms with Gasteiger partial charge in [0, 0.05) is 11.6 Å². The van der Waals surface area contributed by atoms with E-state index in [4.69, 9.17) is 16.0 Å². The van der Waals surface area contributed by atoms with Gasteiger partial charge in [0.2, 0.25) is 5.76 Å². The van der Waals surface area contributed by atoms with Crippen molar-refractivity contribution in [2.45, 2.75) is 12.6 Å². The highest BCUT2D eigenvalue weighted by Gasteiger charge is 2.42. The lowest BCUT2D eigenvalue weighted by molar-refractivity contribution is 0.0714. The molecule has 0 aliphatic carbocycles. The van der Waals surface area contributed by atoms with Crippen molar-refractivity contribution >= 4 is 28.5 Å². The monoisotopic (exact) mass is 401 g/mol. The molecule has 4 aromatic rings. The van der Waals surface area contributed by atoms with Crippen LogP contribution in [0.15, 0.2) is 88.1 Å². The van der Waals surface area contributed by atoms with Crippen molar-refractivity contribution in [3.8, 4) is 0 Å². The maximum absolute atomic E-state index is 13.3. The number of nitrogens with zero attached hydrogens (tertiary/aromatic N) is 1. The summed E-state index contributed by atoms with van der Waals surface area (Å²) in [4.78, 5) is 28.3. The van der Waals surface area contributed by atoms with Crippen LogP contribution in [0.2, 0.25) is 5.02 Å². The van der Waals surface area contributed by atoms with E-state index in [2.05, 4.69) is 0 Å². The van der Waals surface area contributed by atoms with E-state index in [1.54, 1.807) is 35.2 Å². The average Bonchev–Trinajstić information content (AvgIpc) is 3.03. The molecule has 0 saturated heterocycles. The van der Waals surface area contributed by atoms with Crippen LogP contribution in [0.4, 0.5) is 0 Å². The fraction of sp³-hybridized carbons (Fsp3) is 0.0833. The van der Waals surface area contributed by atoms with E-state index in [1.807, 2.05) is 48.5 Å². The Labute approximate surface area is 172 Å². The molecule has 1 aliphatic heterocycles. The molecule has 5 rings (SSSR count). The minimum absolute atomic E-state index is 0.106. The molecular weight excluding hydrogens is 386 g/mol. The van der Waals surface area contributed by atoms with Crippen LogP contribution in [-0.2, 0) is 6.54 Å². The smallest absolute Gasteiger partial charge is 0.291 e. The molecule has 0 unspecified atom stereocenters. The number of carbonyl (C=O) groups excluding carboxylic acids is 1. The molecule has 1 amide bonds. The predicted octanol–water partition coefficient (Wildman–Crippen LogP) is 5.19. The van der Waals surface area contributed by atoms with Crippen LogP contribution >= 0.6 is 11.6 Å². The van der Waals surface area contributed by atoms with Gasteiger partial charge >= 0.3 is 0 Å². The van der Waals surface area contributed by atoms with Crippen molar-refractivity contribution < 1.29 is 9.21 Å². The molecule has 29 heavy (non-hydrogen) atoms. The number of fused-ring (bicyclic) bond motifs is 2. The quantitative estimate of drug-likeness (QED) is 0.474. The van der Waals surface area contributed by atoms with E-state index in [0.29, 0.717) is 21.6 Å². The summed E-state index contributed by atoms with van der Waals surface area (Å²) in [6, 6.07) is 23.4. The van der Waals surface area contributed by atoms with Crippen molar-refractivity contribution in [3.05, 3.63) is 117 Å². The zero-order valence-corrected chi connectivity index (χ0v) is 16.1. The van der Waals surface area contributed by atoms with Gasteiger partial charge in [-0.3, -0.25) is 9.59 Å². The maximum atomic E-state index is 13.3. The molecule has 142 valence electrons.